The fourth-order valence-electron chi connectivity index (χ4n) is 3.89. The summed E-state index contributed by atoms with van der Waals surface area (Å²) in [6, 6.07) is 7.57. The highest BCUT2D eigenvalue weighted by atomic mass is 79.9. The smallest absolute Gasteiger partial charge is 0.310 e. The second-order valence-corrected chi connectivity index (χ2v) is 9.76. The standard InChI is InChI=1S/C21H26BrNO5.C4H9N/c1-14(2)23(11-12-24)20(26)17-5-3-4-6-18(17)21(27)28-13-19(25)15-7-9-16(22)10-8-15;1-5-4-2-3-4/h7-10,12,14,17-18H,3-6,11,13H2,1-2H3;4-5H,2-3H2,1H3. The molecule has 1 N–H and O–H groups in total. The van der Waals surface area contributed by atoms with E-state index in [2.05, 4.69) is 21.2 Å². The molecule has 0 spiro atoms. The van der Waals surface area contributed by atoms with Gasteiger partial charge in [0.05, 0.1) is 18.4 Å². The molecule has 0 radical (unpaired) electrons. The average molecular weight is 523 g/mol. The Bertz CT molecular complexity index is 808. The molecule has 0 aromatic heterocycles. The molecule has 2 atom stereocenters. The number of esters is 1. The van der Waals surface area contributed by atoms with Crippen molar-refractivity contribution >= 4 is 39.9 Å². The lowest BCUT2D eigenvalue weighted by Gasteiger charge is -2.34. The van der Waals surface area contributed by atoms with Gasteiger partial charge in [0.1, 0.15) is 6.29 Å². The molecule has 2 saturated carbocycles. The maximum Gasteiger partial charge on any atom is 0.310 e. The van der Waals surface area contributed by atoms with Gasteiger partial charge in [-0.3, -0.25) is 14.4 Å². The summed E-state index contributed by atoms with van der Waals surface area (Å²) in [6.07, 6.45) is 6.32. The Hall–Kier alpha value is -2.06. The van der Waals surface area contributed by atoms with Crippen LogP contribution in [0.2, 0.25) is 0 Å². The number of amides is 1. The number of halogens is 1. The van der Waals surface area contributed by atoms with Gasteiger partial charge in [-0.05, 0) is 58.7 Å². The summed E-state index contributed by atoms with van der Waals surface area (Å²) in [4.78, 5) is 50.2. The first-order chi connectivity index (χ1) is 15.8. The van der Waals surface area contributed by atoms with Gasteiger partial charge in [0, 0.05) is 22.1 Å². The zero-order valence-electron chi connectivity index (χ0n) is 19.7. The van der Waals surface area contributed by atoms with Gasteiger partial charge in [-0.2, -0.15) is 0 Å². The first-order valence-electron chi connectivity index (χ1n) is 11.6. The van der Waals surface area contributed by atoms with Crippen molar-refractivity contribution in [1.29, 1.82) is 0 Å². The Morgan fingerprint density at radius 1 is 1.09 bits per heavy atom. The Balaban J connectivity index is 0.000000678. The van der Waals surface area contributed by atoms with E-state index in [1.807, 2.05) is 20.9 Å². The van der Waals surface area contributed by atoms with E-state index in [0.29, 0.717) is 24.7 Å². The number of rotatable bonds is 9. The number of hydrogen-bond acceptors (Lipinski definition) is 6. The van der Waals surface area contributed by atoms with Crippen LogP contribution in [-0.4, -0.2) is 61.1 Å². The Morgan fingerprint density at radius 2 is 1.70 bits per heavy atom. The molecule has 182 valence electrons. The molecule has 2 aliphatic carbocycles. The predicted molar refractivity (Wildman–Crippen MR) is 130 cm³/mol. The summed E-state index contributed by atoms with van der Waals surface area (Å²) in [5.41, 5.74) is 0.462. The Kier molecular flexibility index (Phi) is 11.2. The van der Waals surface area contributed by atoms with Crippen LogP contribution < -0.4 is 5.32 Å². The van der Waals surface area contributed by atoms with Crippen LogP contribution in [0.1, 0.15) is 62.7 Å². The van der Waals surface area contributed by atoms with Gasteiger partial charge >= 0.3 is 5.97 Å². The minimum Gasteiger partial charge on any atom is -0.457 e. The molecule has 2 unspecified atom stereocenters. The number of nitrogens with zero attached hydrogens (tertiary/aromatic N) is 1. The van der Waals surface area contributed by atoms with E-state index in [9.17, 15) is 19.2 Å². The second kappa shape index (κ2) is 13.6. The summed E-state index contributed by atoms with van der Waals surface area (Å²) >= 11 is 3.31. The second-order valence-electron chi connectivity index (χ2n) is 8.85. The largest absolute Gasteiger partial charge is 0.457 e. The molecule has 0 aliphatic heterocycles. The number of aldehydes is 1. The molecule has 3 rings (SSSR count). The first-order valence-corrected chi connectivity index (χ1v) is 12.4. The van der Waals surface area contributed by atoms with Crippen molar-refractivity contribution in [3.8, 4) is 0 Å². The molecule has 1 amide bonds. The number of Topliss-reactive ketones (excluding diaryl/α,β-unsaturated/α-hetero) is 1. The summed E-state index contributed by atoms with van der Waals surface area (Å²) in [6.45, 7) is 3.35. The van der Waals surface area contributed by atoms with E-state index in [4.69, 9.17) is 4.74 Å². The summed E-state index contributed by atoms with van der Waals surface area (Å²) < 4.78 is 6.12. The monoisotopic (exact) mass is 522 g/mol. The average Bonchev–Trinajstić information content (AvgIpc) is 3.66. The van der Waals surface area contributed by atoms with E-state index in [-0.39, 0.29) is 30.9 Å². The van der Waals surface area contributed by atoms with Gasteiger partial charge in [0.2, 0.25) is 5.91 Å². The molecule has 0 heterocycles. The van der Waals surface area contributed by atoms with Crippen LogP contribution in [0, 0.1) is 11.8 Å². The number of benzene rings is 1. The fraction of sp³-hybridized carbons (Fsp3) is 0.600. The minimum absolute atomic E-state index is 0.0107. The zero-order chi connectivity index (χ0) is 24.4. The molecule has 2 aliphatic rings. The summed E-state index contributed by atoms with van der Waals surface area (Å²) in [5, 5.41) is 3.14. The normalized spacial score (nSPS) is 19.8. The predicted octanol–water partition coefficient (Wildman–Crippen LogP) is 3.79. The minimum atomic E-state index is -0.577. The highest BCUT2D eigenvalue weighted by molar-refractivity contribution is 9.10. The van der Waals surface area contributed by atoms with Gasteiger partial charge in [0.25, 0.3) is 0 Å². The van der Waals surface area contributed by atoms with Gasteiger partial charge < -0.3 is 19.7 Å². The lowest BCUT2D eigenvalue weighted by Crippen LogP contribution is -2.46. The van der Waals surface area contributed by atoms with E-state index >= 15 is 0 Å². The molecule has 33 heavy (non-hydrogen) atoms. The molecule has 0 bridgehead atoms. The van der Waals surface area contributed by atoms with Crippen molar-refractivity contribution < 1.29 is 23.9 Å². The van der Waals surface area contributed by atoms with Crippen molar-refractivity contribution in [3.05, 3.63) is 34.3 Å². The van der Waals surface area contributed by atoms with Gasteiger partial charge in [-0.1, -0.05) is 40.9 Å². The van der Waals surface area contributed by atoms with Gasteiger partial charge in [-0.15, -0.1) is 0 Å². The Morgan fingerprint density at radius 3 is 2.18 bits per heavy atom. The summed E-state index contributed by atoms with van der Waals surface area (Å²) in [5.74, 6) is -2.08. The molecule has 8 heteroatoms. The molecule has 1 aromatic carbocycles. The third kappa shape index (κ3) is 8.66. The Labute approximate surface area is 204 Å². The van der Waals surface area contributed by atoms with Crippen LogP contribution in [0.25, 0.3) is 0 Å². The van der Waals surface area contributed by atoms with Crippen molar-refractivity contribution in [3.63, 3.8) is 0 Å². The van der Waals surface area contributed by atoms with Crippen LogP contribution in [0.4, 0.5) is 0 Å². The third-order valence-corrected chi connectivity index (χ3v) is 6.59. The highest BCUT2D eigenvalue weighted by Gasteiger charge is 2.39. The molecular formula is C25H35BrN2O5. The molecule has 2 fully saturated rings. The van der Waals surface area contributed by atoms with Crippen LogP contribution in [-0.2, 0) is 19.1 Å². The number of hydrogen-bond donors (Lipinski definition) is 1. The summed E-state index contributed by atoms with van der Waals surface area (Å²) in [7, 11) is 2.01. The molecular weight excluding hydrogens is 488 g/mol. The quantitative estimate of drug-likeness (QED) is 0.301. The SMILES string of the molecule is CC(C)N(CC=O)C(=O)C1CCCCC1C(=O)OCC(=O)c1ccc(Br)cc1.CNC1CC1. The van der Waals surface area contributed by atoms with Crippen molar-refractivity contribution in [1.82, 2.24) is 10.2 Å². The van der Waals surface area contributed by atoms with Crippen LogP contribution >= 0.6 is 15.9 Å². The maximum atomic E-state index is 12.9. The van der Waals surface area contributed by atoms with Gasteiger partial charge in [0.15, 0.2) is 12.4 Å². The van der Waals surface area contributed by atoms with E-state index in [0.717, 1.165) is 23.4 Å². The molecule has 7 nitrogen and oxygen atoms in total. The number of carbonyl (C=O) groups is 4. The first kappa shape index (κ1) is 27.2. The lowest BCUT2D eigenvalue weighted by molar-refractivity contribution is -0.157. The van der Waals surface area contributed by atoms with Crippen molar-refractivity contribution in [2.24, 2.45) is 11.8 Å². The van der Waals surface area contributed by atoms with E-state index in [1.54, 1.807) is 24.3 Å². The molecule has 0 saturated heterocycles. The molecule has 1 aromatic rings. The maximum absolute atomic E-state index is 12.9. The number of ketones is 1. The van der Waals surface area contributed by atoms with Crippen molar-refractivity contribution in [2.45, 2.75) is 64.5 Å². The van der Waals surface area contributed by atoms with E-state index < -0.39 is 17.8 Å². The van der Waals surface area contributed by atoms with Crippen LogP contribution in [0.15, 0.2) is 28.7 Å². The van der Waals surface area contributed by atoms with Crippen molar-refractivity contribution in [2.75, 3.05) is 20.2 Å². The van der Waals surface area contributed by atoms with Gasteiger partial charge in [-0.25, -0.2) is 0 Å². The lowest BCUT2D eigenvalue weighted by atomic mass is 9.78. The third-order valence-electron chi connectivity index (χ3n) is 6.06. The van der Waals surface area contributed by atoms with E-state index in [1.165, 1.54) is 17.7 Å². The number of ether oxygens (including phenoxy) is 1. The number of carbonyl (C=O) groups excluding carboxylic acids is 4. The van der Waals surface area contributed by atoms with Crippen LogP contribution in [0.3, 0.4) is 0 Å². The fourth-order valence-corrected chi connectivity index (χ4v) is 4.16. The van der Waals surface area contributed by atoms with Crippen LogP contribution in [0.5, 0.6) is 0 Å². The number of nitrogens with one attached hydrogen (secondary N) is 1. The highest BCUT2D eigenvalue weighted by Crippen LogP contribution is 2.33. The topological polar surface area (TPSA) is 92.8 Å². The zero-order valence-corrected chi connectivity index (χ0v) is 21.3.